The van der Waals surface area contributed by atoms with Gasteiger partial charge in [-0.15, -0.1) is 0 Å². The summed E-state index contributed by atoms with van der Waals surface area (Å²) >= 11 is 0. The van der Waals surface area contributed by atoms with Gasteiger partial charge in [0.25, 0.3) is 5.91 Å². The van der Waals surface area contributed by atoms with Crippen LogP contribution >= 0.6 is 0 Å². The second-order valence-electron chi connectivity index (χ2n) is 9.48. The molecular weight excluding hydrogens is 476 g/mol. The predicted molar refractivity (Wildman–Crippen MR) is 146 cm³/mol. The first-order valence-corrected chi connectivity index (χ1v) is 12.8. The van der Waals surface area contributed by atoms with Crippen molar-refractivity contribution in [1.29, 1.82) is 0 Å². The number of pyridine rings is 2. The lowest BCUT2D eigenvalue weighted by Crippen LogP contribution is -2.55. The highest BCUT2D eigenvalue weighted by Gasteiger charge is 2.37. The average Bonchev–Trinajstić information content (AvgIpc) is 2.99. The fraction of sp³-hybridized carbons (Fsp3) is 0.194. The molecule has 4 aromatic rings. The van der Waals surface area contributed by atoms with E-state index in [2.05, 4.69) is 34.3 Å². The van der Waals surface area contributed by atoms with Crippen molar-refractivity contribution in [3.05, 3.63) is 142 Å². The minimum atomic E-state index is -0.319. The number of rotatable bonds is 4. The molecule has 2 bridgehead atoms. The fourth-order valence-electron chi connectivity index (χ4n) is 5.21. The van der Waals surface area contributed by atoms with Gasteiger partial charge in [-0.1, -0.05) is 72.8 Å². The fourth-order valence-corrected chi connectivity index (χ4v) is 5.21. The summed E-state index contributed by atoms with van der Waals surface area (Å²) in [6.07, 6.45) is 11.3. The molecule has 0 fully saturated rings. The monoisotopic (exact) mass is 504 g/mol. The molecule has 0 spiro atoms. The van der Waals surface area contributed by atoms with Gasteiger partial charge in [-0.3, -0.25) is 24.3 Å². The summed E-state index contributed by atoms with van der Waals surface area (Å²) in [6, 6.07) is 23.2. The van der Waals surface area contributed by atoms with Crippen molar-refractivity contribution in [2.75, 3.05) is 18.2 Å². The third-order valence-electron chi connectivity index (χ3n) is 7.07. The van der Waals surface area contributed by atoms with Gasteiger partial charge in [0, 0.05) is 36.8 Å². The third kappa shape index (κ3) is 4.47. The number of allylic oxidation sites excluding steroid dienone is 1. The van der Waals surface area contributed by atoms with E-state index in [0.29, 0.717) is 13.2 Å². The van der Waals surface area contributed by atoms with Crippen molar-refractivity contribution in [2.45, 2.75) is 25.5 Å². The topological polar surface area (TPSA) is 67.7 Å². The van der Waals surface area contributed by atoms with E-state index in [1.54, 1.807) is 15.8 Å². The average molecular weight is 505 g/mol. The number of amides is 1. The molecule has 0 N–H and O–H groups in total. The molecular formula is C31H28N4O3. The lowest BCUT2D eigenvalue weighted by molar-refractivity contribution is 0.0698. The first kappa shape index (κ1) is 23.7. The summed E-state index contributed by atoms with van der Waals surface area (Å²) in [5, 5.41) is 2.13. The molecule has 6 rings (SSSR count). The lowest BCUT2D eigenvalue weighted by Gasteiger charge is -2.44. The Morgan fingerprint density at radius 1 is 0.921 bits per heavy atom. The van der Waals surface area contributed by atoms with Crippen LogP contribution in [0.15, 0.2) is 108 Å². The van der Waals surface area contributed by atoms with Gasteiger partial charge in [0.2, 0.25) is 5.43 Å². The maximum Gasteiger partial charge on any atom is 0.278 e. The Balaban J connectivity index is 1.54. The highest BCUT2D eigenvalue weighted by molar-refractivity contribution is 5.96. The summed E-state index contributed by atoms with van der Waals surface area (Å²) < 4.78 is 7.88. The second kappa shape index (κ2) is 10.4. The molecule has 7 heteroatoms. The van der Waals surface area contributed by atoms with E-state index in [4.69, 9.17) is 4.74 Å². The minimum absolute atomic E-state index is 0.0631. The van der Waals surface area contributed by atoms with Gasteiger partial charge in [-0.25, -0.2) is 0 Å². The van der Waals surface area contributed by atoms with E-state index in [0.717, 1.165) is 29.5 Å². The van der Waals surface area contributed by atoms with Crippen LogP contribution in [0.4, 0.5) is 0 Å². The van der Waals surface area contributed by atoms with Gasteiger partial charge in [0.1, 0.15) is 13.3 Å². The third-order valence-corrected chi connectivity index (χ3v) is 7.07. The normalized spacial score (nSPS) is 17.7. The summed E-state index contributed by atoms with van der Waals surface area (Å²) in [4.78, 5) is 33.2. The van der Waals surface area contributed by atoms with Crippen LogP contribution in [0.2, 0.25) is 0 Å². The van der Waals surface area contributed by atoms with Gasteiger partial charge >= 0.3 is 0 Å². The van der Waals surface area contributed by atoms with Crippen LogP contribution in [-0.4, -0.2) is 33.7 Å². The van der Waals surface area contributed by atoms with Crippen LogP contribution in [0.1, 0.15) is 45.2 Å². The first-order chi connectivity index (χ1) is 18.7. The highest BCUT2D eigenvalue weighted by Crippen LogP contribution is 2.34. The predicted octanol–water partition coefficient (Wildman–Crippen LogP) is 4.47. The molecule has 4 heterocycles. The van der Waals surface area contributed by atoms with Crippen LogP contribution in [-0.2, 0) is 13.0 Å². The maximum absolute atomic E-state index is 13.9. The van der Waals surface area contributed by atoms with Crippen LogP contribution in [0.3, 0.4) is 0 Å². The molecule has 7 nitrogen and oxygen atoms in total. The minimum Gasteiger partial charge on any atom is -0.482 e. The molecule has 0 aliphatic carbocycles. The van der Waals surface area contributed by atoms with Crippen LogP contribution in [0.5, 0.6) is 5.75 Å². The quantitative estimate of drug-likeness (QED) is 0.384. The van der Waals surface area contributed by atoms with Crippen molar-refractivity contribution < 1.29 is 9.53 Å². The molecule has 0 saturated heterocycles. The Bertz CT molecular complexity index is 1530. The molecule has 2 aromatic heterocycles. The molecule has 0 saturated carbocycles. The van der Waals surface area contributed by atoms with E-state index in [1.165, 1.54) is 11.6 Å². The van der Waals surface area contributed by atoms with E-state index in [1.807, 2.05) is 67.0 Å². The molecule has 1 amide bonds. The summed E-state index contributed by atoms with van der Waals surface area (Å²) in [7, 11) is 0. The Morgan fingerprint density at radius 3 is 2.53 bits per heavy atom. The lowest BCUT2D eigenvalue weighted by atomic mass is 9.93. The molecule has 0 radical (unpaired) electrons. The number of aryl methyl sites for hydroxylation is 1. The van der Waals surface area contributed by atoms with E-state index in [-0.39, 0.29) is 35.4 Å². The zero-order valence-electron chi connectivity index (χ0n) is 20.9. The van der Waals surface area contributed by atoms with Crippen LogP contribution in [0.25, 0.3) is 0 Å². The zero-order valence-corrected chi connectivity index (χ0v) is 20.9. The summed E-state index contributed by atoms with van der Waals surface area (Å²) in [5.41, 5.74) is 4.17. The molecule has 1 unspecified atom stereocenters. The highest BCUT2D eigenvalue weighted by atomic mass is 16.5. The molecule has 2 aliphatic rings. The number of carbonyl (C=O) groups is 1. The van der Waals surface area contributed by atoms with Crippen molar-refractivity contribution in [3.8, 4) is 5.75 Å². The molecule has 2 aliphatic heterocycles. The summed E-state index contributed by atoms with van der Waals surface area (Å²) in [5.74, 6) is -0.169. The van der Waals surface area contributed by atoms with Crippen molar-refractivity contribution in [3.63, 3.8) is 0 Å². The molecule has 2 aromatic carbocycles. The number of hydrogen-bond donors (Lipinski definition) is 0. The van der Waals surface area contributed by atoms with Crippen molar-refractivity contribution in [1.82, 2.24) is 14.6 Å². The van der Waals surface area contributed by atoms with Gasteiger partial charge in [-0.2, -0.15) is 0 Å². The number of hydrogen-bond acceptors (Lipinski definition) is 5. The SMILES string of the molecule is O=C1c2c(OCc3ccccc3)c(=O)ccn2N2CN1C/C=C\CCc1ccncc1C2c1ccccc1. The van der Waals surface area contributed by atoms with Gasteiger partial charge in [0.15, 0.2) is 11.4 Å². The molecule has 38 heavy (non-hydrogen) atoms. The number of benzene rings is 2. The maximum atomic E-state index is 13.9. The Hall–Kier alpha value is -4.65. The van der Waals surface area contributed by atoms with E-state index < -0.39 is 0 Å². The summed E-state index contributed by atoms with van der Waals surface area (Å²) in [6.45, 7) is 0.965. The first-order valence-electron chi connectivity index (χ1n) is 12.8. The van der Waals surface area contributed by atoms with Gasteiger partial charge in [0.05, 0.1) is 6.04 Å². The molecule has 190 valence electrons. The smallest absolute Gasteiger partial charge is 0.278 e. The number of fused-ring (bicyclic) bond motifs is 5. The standard InChI is InChI=1S/C31H28N4O3/c36-27-16-19-34-29(30(27)38-21-23-10-4-1-5-11-23)31(37)33-18-9-3-8-12-24-15-17-32-20-26(24)28(35(34)22-33)25-13-6-2-7-14-25/h1-7,9-11,13-17,19-20,28H,8,12,18,21-22H2/b9-3-. The van der Waals surface area contributed by atoms with Crippen molar-refractivity contribution in [2.24, 2.45) is 0 Å². The van der Waals surface area contributed by atoms with Crippen LogP contribution < -0.4 is 15.2 Å². The number of nitrogens with zero attached hydrogens (tertiary/aromatic N) is 4. The number of ether oxygens (including phenoxy) is 1. The van der Waals surface area contributed by atoms with Crippen LogP contribution in [0, 0.1) is 0 Å². The Labute approximate surface area is 221 Å². The largest absolute Gasteiger partial charge is 0.482 e. The number of aromatic nitrogens is 2. The number of carbonyl (C=O) groups excluding carboxylic acids is 1. The van der Waals surface area contributed by atoms with Gasteiger partial charge in [-0.05, 0) is 35.6 Å². The van der Waals surface area contributed by atoms with Crippen molar-refractivity contribution >= 4 is 5.91 Å². The Kier molecular flexibility index (Phi) is 6.48. The van der Waals surface area contributed by atoms with Gasteiger partial charge < -0.3 is 9.64 Å². The van der Waals surface area contributed by atoms with E-state index in [9.17, 15) is 9.59 Å². The molecule has 1 atom stereocenters. The zero-order chi connectivity index (χ0) is 25.9. The Morgan fingerprint density at radius 2 is 1.71 bits per heavy atom. The van der Waals surface area contributed by atoms with E-state index >= 15 is 0 Å². The second-order valence-corrected chi connectivity index (χ2v) is 9.48.